The first-order valence-electron chi connectivity index (χ1n) is 5.93. The van der Waals surface area contributed by atoms with Gasteiger partial charge >= 0.3 is 0 Å². The number of methoxy groups -OCH3 is 1. The summed E-state index contributed by atoms with van der Waals surface area (Å²) in [5, 5.41) is 7.95. The topological polar surface area (TPSA) is 70.2 Å². The van der Waals surface area contributed by atoms with Crippen LogP contribution in [-0.2, 0) is 6.54 Å². The van der Waals surface area contributed by atoms with E-state index in [1.807, 2.05) is 0 Å². The zero-order valence-corrected chi connectivity index (χ0v) is 11.9. The Hall–Kier alpha value is -1.63. The highest BCUT2D eigenvalue weighted by Crippen LogP contribution is 2.39. The first kappa shape index (κ1) is 12.4. The van der Waals surface area contributed by atoms with Crippen LogP contribution in [0.3, 0.4) is 0 Å². The minimum Gasteiger partial charge on any atom is -0.495 e. The predicted molar refractivity (Wildman–Crippen MR) is 70.3 cm³/mol. The van der Waals surface area contributed by atoms with Crippen LogP contribution in [0.25, 0.3) is 0 Å². The highest BCUT2D eigenvalue weighted by molar-refractivity contribution is 9.10. The second kappa shape index (κ2) is 4.80. The first-order chi connectivity index (χ1) is 9.17. The second-order valence-electron chi connectivity index (χ2n) is 4.46. The molecule has 1 fully saturated rings. The summed E-state index contributed by atoms with van der Waals surface area (Å²) in [6, 6.07) is 1.42. The average Bonchev–Trinajstić information content (AvgIpc) is 3.14. The standard InChI is InChI=1S/C12H12BrN3O3/c1-18-9-4-11(17)16(5-8(9)13)6-10-14-15-12(19-10)7-2-3-7/h4-5,7H,2-3,6H2,1H3. The summed E-state index contributed by atoms with van der Waals surface area (Å²) in [6.07, 6.45) is 3.87. The van der Waals surface area contributed by atoms with Gasteiger partial charge in [-0.05, 0) is 28.8 Å². The van der Waals surface area contributed by atoms with Crippen LogP contribution in [0.5, 0.6) is 5.75 Å². The third-order valence-electron chi connectivity index (χ3n) is 2.98. The van der Waals surface area contributed by atoms with Crippen LogP contribution in [0.1, 0.15) is 30.5 Å². The minimum absolute atomic E-state index is 0.175. The molecule has 0 saturated heterocycles. The third kappa shape index (κ3) is 2.56. The smallest absolute Gasteiger partial charge is 0.254 e. The molecule has 7 heteroatoms. The van der Waals surface area contributed by atoms with Crippen molar-refractivity contribution in [3.05, 3.63) is 38.9 Å². The molecule has 3 rings (SSSR count). The molecule has 1 aliphatic carbocycles. The Balaban J connectivity index is 1.85. The molecule has 2 aromatic rings. The molecule has 6 nitrogen and oxygen atoms in total. The molecule has 0 unspecified atom stereocenters. The molecule has 0 radical (unpaired) electrons. The van der Waals surface area contributed by atoms with Crippen LogP contribution in [0.4, 0.5) is 0 Å². The van der Waals surface area contributed by atoms with Gasteiger partial charge in [-0.2, -0.15) is 0 Å². The van der Waals surface area contributed by atoms with E-state index in [0.29, 0.717) is 27.9 Å². The van der Waals surface area contributed by atoms with E-state index in [-0.39, 0.29) is 12.1 Å². The fourth-order valence-electron chi connectivity index (χ4n) is 1.78. The van der Waals surface area contributed by atoms with E-state index in [1.54, 1.807) is 6.20 Å². The molecule has 100 valence electrons. The lowest BCUT2D eigenvalue weighted by Crippen LogP contribution is -2.19. The number of rotatable bonds is 4. The van der Waals surface area contributed by atoms with E-state index in [4.69, 9.17) is 9.15 Å². The van der Waals surface area contributed by atoms with Gasteiger partial charge in [0.05, 0.1) is 11.6 Å². The molecule has 0 spiro atoms. The summed E-state index contributed by atoms with van der Waals surface area (Å²) < 4.78 is 12.8. The van der Waals surface area contributed by atoms with Gasteiger partial charge in [0.25, 0.3) is 5.56 Å². The molecular weight excluding hydrogens is 314 g/mol. The summed E-state index contributed by atoms with van der Waals surface area (Å²) >= 11 is 3.34. The van der Waals surface area contributed by atoms with Gasteiger partial charge in [0.1, 0.15) is 12.3 Å². The Morgan fingerprint density at radius 3 is 3.00 bits per heavy atom. The van der Waals surface area contributed by atoms with E-state index >= 15 is 0 Å². The van der Waals surface area contributed by atoms with E-state index in [2.05, 4.69) is 26.1 Å². The van der Waals surface area contributed by atoms with Crippen LogP contribution >= 0.6 is 15.9 Å². The number of halogens is 1. The zero-order valence-electron chi connectivity index (χ0n) is 10.3. The van der Waals surface area contributed by atoms with Crippen molar-refractivity contribution in [3.8, 4) is 5.75 Å². The highest BCUT2D eigenvalue weighted by Gasteiger charge is 2.29. The lowest BCUT2D eigenvalue weighted by molar-refractivity contribution is 0.406. The molecule has 1 saturated carbocycles. The maximum Gasteiger partial charge on any atom is 0.254 e. The van der Waals surface area contributed by atoms with Gasteiger partial charge in [-0.1, -0.05) is 0 Å². The molecule has 0 aromatic carbocycles. The zero-order chi connectivity index (χ0) is 13.4. The summed E-state index contributed by atoms with van der Waals surface area (Å²) in [7, 11) is 1.52. The molecule has 1 aliphatic rings. The molecule has 0 aliphatic heterocycles. The Labute approximate surface area is 117 Å². The quantitative estimate of drug-likeness (QED) is 0.859. The third-order valence-corrected chi connectivity index (χ3v) is 3.57. The van der Waals surface area contributed by atoms with Crippen LogP contribution in [0.15, 0.2) is 25.9 Å². The largest absolute Gasteiger partial charge is 0.495 e. The number of hydrogen-bond acceptors (Lipinski definition) is 5. The number of pyridine rings is 1. The molecule has 0 bridgehead atoms. The number of nitrogens with zero attached hydrogens (tertiary/aromatic N) is 3. The van der Waals surface area contributed by atoms with Gasteiger partial charge in [-0.15, -0.1) is 10.2 Å². The van der Waals surface area contributed by atoms with Crippen molar-refractivity contribution in [2.24, 2.45) is 0 Å². The van der Waals surface area contributed by atoms with Crippen LogP contribution in [0.2, 0.25) is 0 Å². The Kier molecular flexibility index (Phi) is 3.14. The fourth-order valence-corrected chi connectivity index (χ4v) is 2.30. The predicted octanol–water partition coefficient (Wildman–Crippen LogP) is 1.93. The molecule has 0 N–H and O–H groups in total. The van der Waals surface area contributed by atoms with Crippen molar-refractivity contribution in [1.82, 2.24) is 14.8 Å². The molecule has 2 aromatic heterocycles. The summed E-state index contributed by atoms with van der Waals surface area (Å²) in [5.41, 5.74) is -0.175. The van der Waals surface area contributed by atoms with Gasteiger partial charge in [0.15, 0.2) is 0 Å². The lowest BCUT2D eigenvalue weighted by atomic mass is 10.4. The molecule has 0 atom stereocenters. The van der Waals surface area contributed by atoms with Gasteiger partial charge in [0.2, 0.25) is 11.8 Å². The summed E-state index contributed by atoms with van der Waals surface area (Å²) in [4.78, 5) is 11.9. The van der Waals surface area contributed by atoms with Crippen molar-refractivity contribution in [2.45, 2.75) is 25.3 Å². The number of ether oxygens (including phenoxy) is 1. The Morgan fingerprint density at radius 1 is 1.53 bits per heavy atom. The Morgan fingerprint density at radius 2 is 2.32 bits per heavy atom. The minimum atomic E-state index is -0.175. The van der Waals surface area contributed by atoms with E-state index in [9.17, 15) is 4.79 Å². The van der Waals surface area contributed by atoms with E-state index in [0.717, 1.165) is 12.8 Å². The normalized spacial score (nSPS) is 14.6. The van der Waals surface area contributed by atoms with Crippen LogP contribution in [-0.4, -0.2) is 21.9 Å². The van der Waals surface area contributed by atoms with Crippen LogP contribution in [0, 0.1) is 0 Å². The van der Waals surface area contributed by atoms with Gasteiger partial charge in [-0.3, -0.25) is 4.79 Å². The van der Waals surface area contributed by atoms with Crippen molar-refractivity contribution in [2.75, 3.05) is 7.11 Å². The Bertz CT molecular complexity index is 660. The molecule has 19 heavy (non-hydrogen) atoms. The SMILES string of the molecule is COc1cc(=O)n(Cc2nnc(C3CC3)o2)cc1Br. The maximum atomic E-state index is 11.9. The lowest BCUT2D eigenvalue weighted by Gasteiger charge is -2.06. The number of aromatic nitrogens is 3. The summed E-state index contributed by atoms with van der Waals surface area (Å²) in [6.45, 7) is 0.265. The highest BCUT2D eigenvalue weighted by atomic mass is 79.9. The average molecular weight is 326 g/mol. The maximum absolute atomic E-state index is 11.9. The second-order valence-corrected chi connectivity index (χ2v) is 5.32. The van der Waals surface area contributed by atoms with Crippen molar-refractivity contribution in [1.29, 1.82) is 0 Å². The van der Waals surface area contributed by atoms with Crippen molar-refractivity contribution in [3.63, 3.8) is 0 Å². The molecule has 0 amide bonds. The van der Waals surface area contributed by atoms with Crippen molar-refractivity contribution >= 4 is 15.9 Å². The van der Waals surface area contributed by atoms with Gasteiger partial charge < -0.3 is 13.7 Å². The van der Waals surface area contributed by atoms with Gasteiger partial charge in [-0.25, -0.2) is 0 Å². The van der Waals surface area contributed by atoms with E-state index < -0.39 is 0 Å². The van der Waals surface area contributed by atoms with Crippen LogP contribution < -0.4 is 10.3 Å². The van der Waals surface area contributed by atoms with E-state index in [1.165, 1.54) is 17.7 Å². The van der Waals surface area contributed by atoms with Crippen molar-refractivity contribution < 1.29 is 9.15 Å². The van der Waals surface area contributed by atoms with Gasteiger partial charge in [0, 0.05) is 18.2 Å². The monoisotopic (exact) mass is 325 g/mol. The molecule has 2 heterocycles. The molecular formula is C12H12BrN3O3. The fraction of sp³-hybridized carbons (Fsp3) is 0.417. The summed E-state index contributed by atoms with van der Waals surface area (Å²) in [5.74, 6) is 2.04. The number of hydrogen-bond donors (Lipinski definition) is 0. The first-order valence-corrected chi connectivity index (χ1v) is 6.73.